The van der Waals surface area contributed by atoms with Crippen LogP contribution in [0.3, 0.4) is 0 Å². The highest BCUT2D eigenvalue weighted by Gasteiger charge is 2.15. The Morgan fingerprint density at radius 3 is 2.11 bits per heavy atom. The molecule has 0 aliphatic rings. The summed E-state index contributed by atoms with van der Waals surface area (Å²) in [6.07, 6.45) is 0. The molecule has 0 N–H and O–H groups in total. The van der Waals surface area contributed by atoms with Gasteiger partial charge in [-0.1, -0.05) is 23.2 Å². The first-order valence-corrected chi connectivity index (χ1v) is 5.69. The number of hydrogen-bond acceptors (Lipinski definition) is 1. The fraction of sp³-hybridized carbons (Fsp3) is 0. The van der Waals surface area contributed by atoms with Gasteiger partial charge in [-0.15, -0.1) is 0 Å². The fourth-order valence-corrected chi connectivity index (χ4v) is 2.04. The third-order valence-electron chi connectivity index (χ3n) is 2.30. The third-order valence-corrected chi connectivity index (χ3v) is 2.74. The van der Waals surface area contributed by atoms with Gasteiger partial charge in [-0.25, -0.2) is 8.78 Å². The molecule has 0 atom stereocenters. The standard InChI is InChI=1S/C13H6Cl2F2O/c14-8-3-7(4-9(15)5-8)13(18)11-2-1-10(16)6-12(11)17/h1-6H. The lowest BCUT2D eigenvalue weighted by Gasteiger charge is -2.04. The van der Waals surface area contributed by atoms with E-state index >= 15 is 0 Å². The Morgan fingerprint density at radius 1 is 0.944 bits per heavy atom. The summed E-state index contributed by atoms with van der Waals surface area (Å²) in [5, 5.41) is 0.543. The largest absolute Gasteiger partial charge is 0.288 e. The molecule has 0 bridgehead atoms. The van der Waals surface area contributed by atoms with Gasteiger partial charge in [-0.05, 0) is 30.3 Å². The van der Waals surface area contributed by atoms with E-state index in [-0.39, 0.29) is 21.2 Å². The van der Waals surface area contributed by atoms with E-state index < -0.39 is 17.4 Å². The van der Waals surface area contributed by atoms with Crippen molar-refractivity contribution in [2.45, 2.75) is 0 Å². The van der Waals surface area contributed by atoms with Gasteiger partial charge in [-0.3, -0.25) is 4.79 Å². The lowest BCUT2D eigenvalue weighted by atomic mass is 10.0. The number of carbonyl (C=O) groups excluding carboxylic acids is 1. The second-order valence-electron chi connectivity index (χ2n) is 3.61. The molecule has 0 unspecified atom stereocenters. The molecule has 92 valence electrons. The summed E-state index contributed by atoms with van der Waals surface area (Å²) in [5.74, 6) is -2.26. The van der Waals surface area contributed by atoms with E-state index in [0.29, 0.717) is 6.07 Å². The predicted octanol–water partition coefficient (Wildman–Crippen LogP) is 4.50. The number of halogens is 4. The average molecular weight is 287 g/mol. The van der Waals surface area contributed by atoms with Crippen molar-refractivity contribution in [1.82, 2.24) is 0 Å². The first-order chi connectivity index (χ1) is 8.47. The summed E-state index contributed by atoms with van der Waals surface area (Å²) < 4.78 is 26.2. The van der Waals surface area contributed by atoms with Crippen LogP contribution in [-0.4, -0.2) is 5.78 Å². The van der Waals surface area contributed by atoms with Gasteiger partial charge in [0.25, 0.3) is 0 Å². The Bertz CT molecular complexity index is 606. The molecule has 1 nitrogen and oxygen atoms in total. The first-order valence-electron chi connectivity index (χ1n) is 4.93. The fourth-order valence-electron chi connectivity index (χ4n) is 1.51. The Morgan fingerprint density at radius 2 is 1.56 bits per heavy atom. The molecule has 0 heterocycles. The van der Waals surface area contributed by atoms with Crippen molar-refractivity contribution in [2.75, 3.05) is 0 Å². The monoisotopic (exact) mass is 286 g/mol. The van der Waals surface area contributed by atoms with Gasteiger partial charge in [0.1, 0.15) is 11.6 Å². The van der Waals surface area contributed by atoms with Crippen molar-refractivity contribution in [2.24, 2.45) is 0 Å². The number of carbonyl (C=O) groups is 1. The molecular weight excluding hydrogens is 281 g/mol. The average Bonchev–Trinajstić information content (AvgIpc) is 2.26. The summed E-state index contributed by atoms with van der Waals surface area (Å²) in [6.45, 7) is 0. The molecule has 0 amide bonds. The molecule has 0 fully saturated rings. The van der Waals surface area contributed by atoms with E-state index in [1.165, 1.54) is 18.2 Å². The SMILES string of the molecule is O=C(c1cc(Cl)cc(Cl)c1)c1ccc(F)cc1F. The van der Waals surface area contributed by atoms with E-state index in [2.05, 4.69) is 0 Å². The summed E-state index contributed by atoms with van der Waals surface area (Å²) in [5.41, 5.74) is -0.0762. The maximum atomic E-state index is 13.5. The third kappa shape index (κ3) is 2.68. The Kier molecular flexibility index (Phi) is 3.64. The molecule has 0 aliphatic carbocycles. The summed E-state index contributed by atoms with van der Waals surface area (Å²) in [7, 11) is 0. The molecular formula is C13H6Cl2F2O. The maximum absolute atomic E-state index is 13.5. The molecule has 5 heteroatoms. The molecule has 2 aromatic carbocycles. The highest BCUT2D eigenvalue weighted by Crippen LogP contribution is 2.22. The zero-order valence-corrected chi connectivity index (χ0v) is 10.4. The van der Waals surface area contributed by atoms with Crippen LogP contribution in [0.1, 0.15) is 15.9 Å². The predicted molar refractivity (Wildman–Crippen MR) is 66.3 cm³/mol. The minimum Gasteiger partial charge on any atom is -0.288 e. The van der Waals surface area contributed by atoms with Crippen molar-refractivity contribution in [1.29, 1.82) is 0 Å². The normalized spacial score (nSPS) is 10.4. The van der Waals surface area contributed by atoms with Crippen LogP contribution in [0.2, 0.25) is 10.0 Å². The number of rotatable bonds is 2. The van der Waals surface area contributed by atoms with Crippen LogP contribution >= 0.6 is 23.2 Å². The minimum absolute atomic E-state index is 0.151. The van der Waals surface area contributed by atoms with Gasteiger partial charge < -0.3 is 0 Å². The highest BCUT2D eigenvalue weighted by molar-refractivity contribution is 6.35. The van der Waals surface area contributed by atoms with Crippen molar-refractivity contribution >= 4 is 29.0 Å². The lowest BCUT2D eigenvalue weighted by molar-refractivity contribution is 0.103. The quantitative estimate of drug-likeness (QED) is 0.743. The van der Waals surface area contributed by atoms with Crippen LogP contribution in [0.4, 0.5) is 8.78 Å². The van der Waals surface area contributed by atoms with Crippen LogP contribution in [-0.2, 0) is 0 Å². The molecule has 0 radical (unpaired) electrons. The van der Waals surface area contributed by atoms with Gasteiger partial charge >= 0.3 is 0 Å². The Labute approximate surface area is 112 Å². The summed E-state index contributed by atoms with van der Waals surface area (Å²) >= 11 is 11.5. The van der Waals surface area contributed by atoms with E-state index in [9.17, 15) is 13.6 Å². The molecule has 0 saturated carbocycles. The van der Waals surface area contributed by atoms with Crippen molar-refractivity contribution in [3.63, 3.8) is 0 Å². The second kappa shape index (κ2) is 5.04. The topological polar surface area (TPSA) is 17.1 Å². The van der Waals surface area contributed by atoms with Gasteiger partial charge in [0.05, 0.1) is 5.56 Å². The Hall–Kier alpha value is -1.45. The minimum atomic E-state index is -0.920. The van der Waals surface area contributed by atoms with Crippen molar-refractivity contribution in [3.8, 4) is 0 Å². The van der Waals surface area contributed by atoms with Crippen LogP contribution in [0.5, 0.6) is 0 Å². The van der Waals surface area contributed by atoms with Crippen molar-refractivity contribution < 1.29 is 13.6 Å². The van der Waals surface area contributed by atoms with Gasteiger partial charge in [-0.2, -0.15) is 0 Å². The lowest BCUT2D eigenvalue weighted by Crippen LogP contribution is -2.04. The zero-order chi connectivity index (χ0) is 13.3. The smallest absolute Gasteiger partial charge is 0.196 e. The summed E-state index contributed by atoms with van der Waals surface area (Å²) in [6, 6.07) is 6.96. The highest BCUT2D eigenvalue weighted by atomic mass is 35.5. The Balaban J connectivity index is 2.47. The van der Waals surface area contributed by atoms with E-state index in [0.717, 1.165) is 12.1 Å². The van der Waals surface area contributed by atoms with Gasteiger partial charge in [0.2, 0.25) is 0 Å². The van der Waals surface area contributed by atoms with Gasteiger partial charge in [0.15, 0.2) is 5.78 Å². The maximum Gasteiger partial charge on any atom is 0.196 e. The van der Waals surface area contributed by atoms with Crippen molar-refractivity contribution in [3.05, 3.63) is 69.2 Å². The molecule has 2 rings (SSSR count). The first kappa shape index (κ1) is 13.0. The van der Waals surface area contributed by atoms with E-state index in [1.54, 1.807) is 0 Å². The number of benzene rings is 2. The van der Waals surface area contributed by atoms with E-state index in [4.69, 9.17) is 23.2 Å². The molecule has 0 spiro atoms. The zero-order valence-electron chi connectivity index (χ0n) is 8.88. The number of ketones is 1. The van der Waals surface area contributed by atoms with Crippen LogP contribution in [0.15, 0.2) is 36.4 Å². The van der Waals surface area contributed by atoms with E-state index in [1.807, 2.05) is 0 Å². The van der Waals surface area contributed by atoms with Crippen LogP contribution < -0.4 is 0 Å². The van der Waals surface area contributed by atoms with Crippen LogP contribution in [0, 0.1) is 11.6 Å². The molecule has 0 aliphatic heterocycles. The molecule has 18 heavy (non-hydrogen) atoms. The van der Waals surface area contributed by atoms with Crippen LogP contribution in [0.25, 0.3) is 0 Å². The molecule has 0 aromatic heterocycles. The second-order valence-corrected chi connectivity index (χ2v) is 4.48. The summed E-state index contributed by atoms with van der Waals surface area (Å²) in [4.78, 5) is 12.0. The van der Waals surface area contributed by atoms with Gasteiger partial charge in [0, 0.05) is 21.7 Å². The molecule has 2 aromatic rings. The molecule has 0 saturated heterocycles. The number of hydrogen-bond donors (Lipinski definition) is 0.